The van der Waals surface area contributed by atoms with Crippen LogP contribution in [0.3, 0.4) is 0 Å². The molecule has 0 unspecified atom stereocenters. The normalized spacial score (nSPS) is 19.8. The summed E-state index contributed by atoms with van der Waals surface area (Å²) >= 11 is 0. The van der Waals surface area contributed by atoms with Gasteiger partial charge in [-0.2, -0.15) is 0 Å². The molecule has 0 spiro atoms. The van der Waals surface area contributed by atoms with Crippen LogP contribution in [-0.4, -0.2) is 19.4 Å². The number of rotatable bonds is 5. The maximum absolute atomic E-state index is 13.3. The van der Waals surface area contributed by atoms with Gasteiger partial charge in [-0.25, -0.2) is 17.9 Å². The van der Waals surface area contributed by atoms with Gasteiger partial charge in [-0.1, -0.05) is 12.1 Å². The van der Waals surface area contributed by atoms with E-state index in [2.05, 4.69) is 5.32 Å². The number of nitrogens with zero attached hydrogens (tertiary/aromatic N) is 1. The Morgan fingerprint density at radius 3 is 2.62 bits per heavy atom. The molecule has 0 saturated heterocycles. The molecule has 126 valence electrons. The van der Waals surface area contributed by atoms with Crippen LogP contribution in [0.2, 0.25) is 0 Å². The van der Waals surface area contributed by atoms with E-state index in [-0.39, 0.29) is 34.0 Å². The summed E-state index contributed by atoms with van der Waals surface area (Å²) in [6.07, 6.45) is 0.699. The van der Waals surface area contributed by atoms with Gasteiger partial charge in [0.2, 0.25) is 10.0 Å². The van der Waals surface area contributed by atoms with Gasteiger partial charge in [-0.15, -0.1) is 0 Å². The van der Waals surface area contributed by atoms with Gasteiger partial charge in [0.25, 0.3) is 5.69 Å². The Labute approximate surface area is 137 Å². The number of nitro groups is 1. The number of nitrogens with two attached hydrogens (primary N) is 1. The number of hydrogen-bond acceptors (Lipinski definition) is 5. The molecule has 24 heavy (non-hydrogen) atoms. The first-order valence-electron chi connectivity index (χ1n) is 7.09. The Morgan fingerprint density at radius 2 is 2.00 bits per heavy atom. The van der Waals surface area contributed by atoms with Crippen molar-refractivity contribution in [2.24, 2.45) is 5.14 Å². The van der Waals surface area contributed by atoms with Crippen molar-refractivity contribution < 1.29 is 17.7 Å². The average molecular weight is 351 g/mol. The molecule has 0 aliphatic heterocycles. The summed E-state index contributed by atoms with van der Waals surface area (Å²) in [5.41, 5.74) is 0.653. The van der Waals surface area contributed by atoms with Crippen LogP contribution >= 0.6 is 0 Å². The van der Waals surface area contributed by atoms with Crippen molar-refractivity contribution in [1.29, 1.82) is 0 Å². The first kappa shape index (κ1) is 16.3. The third kappa shape index (κ3) is 3.36. The Hall–Kier alpha value is -2.52. The van der Waals surface area contributed by atoms with Gasteiger partial charge in [0.1, 0.15) is 10.7 Å². The van der Waals surface area contributed by atoms with E-state index in [0.717, 1.165) is 11.6 Å². The quantitative estimate of drug-likeness (QED) is 0.634. The van der Waals surface area contributed by atoms with Crippen molar-refractivity contribution >= 4 is 21.4 Å². The molecule has 0 heterocycles. The number of anilines is 1. The largest absolute Gasteiger partial charge is 0.381 e. The zero-order valence-electron chi connectivity index (χ0n) is 12.3. The van der Waals surface area contributed by atoms with Gasteiger partial charge < -0.3 is 5.32 Å². The van der Waals surface area contributed by atoms with Crippen LogP contribution in [0.15, 0.2) is 47.4 Å². The summed E-state index contributed by atoms with van der Waals surface area (Å²) in [7, 11) is -4.12. The third-order valence-corrected chi connectivity index (χ3v) is 4.84. The van der Waals surface area contributed by atoms with E-state index in [9.17, 15) is 22.9 Å². The summed E-state index contributed by atoms with van der Waals surface area (Å²) in [5, 5.41) is 19.0. The SMILES string of the molecule is NS(=O)(=O)c1cc([N+](=O)[O-])ccc1N[C@@H]1C[C@H]1c1cccc(F)c1. The van der Waals surface area contributed by atoms with Crippen molar-refractivity contribution in [1.82, 2.24) is 0 Å². The van der Waals surface area contributed by atoms with Gasteiger partial charge in [0.15, 0.2) is 0 Å². The Morgan fingerprint density at radius 1 is 1.25 bits per heavy atom. The molecule has 0 bridgehead atoms. The zero-order valence-corrected chi connectivity index (χ0v) is 13.2. The summed E-state index contributed by atoms with van der Waals surface area (Å²) in [6, 6.07) is 9.56. The molecule has 2 aromatic carbocycles. The topological polar surface area (TPSA) is 115 Å². The number of sulfonamides is 1. The Bertz CT molecular complexity index is 917. The summed E-state index contributed by atoms with van der Waals surface area (Å²) in [6.45, 7) is 0. The molecule has 9 heteroatoms. The fourth-order valence-corrected chi connectivity index (χ4v) is 3.36. The highest BCUT2D eigenvalue weighted by atomic mass is 32.2. The molecule has 3 N–H and O–H groups in total. The van der Waals surface area contributed by atoms with Gasteiger partial charge in [0, 0.05) is 24.1 Å². The summed E-state index contributed by atoms with van der Waals surface area (Å²) in [5.74, 6) is -0.289. The van der Waals surface area contributed by atoms with E-state index in [1.54, 1.807) is 12.1 Å². The first-order valence-corrected chi connectivity index (χ1v) is 8.63. The molecule has 1 aliphatic rings. The lowest BCUT2D eigenvalue weighted by atomic mass is 10.1. The predicted molar refractivity (Wildman–Crippen MR) is 85.6 cm³/mol. The zero-order chi connectivity index (χ0) is 17.5. The standard InChI is InChI=1S/C15H14FN3O4S/c16-10-3-1-2-9(6-10)12-8-14(12)18-13-5-4-11(19(20)21)7-15(13)24(17,22)23/h1-7,12,14,18H,8H2,(H2,17,22,23)/t12-,14+/m0/s1. The molecule has 2 atom stereocenters. The highest BCUT2D eigenvalue weighted by Gasteiger charge is 2.39. The number of nitro benzene ring substituents is 1. The van der Waals surface area contributed by atoms with Crippen molar-refractivity contribution in [3.63, 3.8) is 0 Å². The molecular formula is C15H14FN3O4S. The molecule has 3 rings (SSSR count). The van der Waals surface area contributed by atoms with Crippen molar-refractivity contribution in [3.8, 4) is 0 Å². The average Bonchev–Trinajstić information content (AvgIpc) is 3.25. The molecular weight excluding hydrogens is 337 g/mol. The summed E-state index contributed by atoms with van der Waals surface area (Å²) < 4.78 is 36.7. The molecule has 1 aliphatic carbocycles. The maximum Gasteiger partial charge on any atom is 0.270 e. The van der Waals surface area contributed by atoms with Crippen LogP contribution in [0.5, 0.6) is 0 Å². The number of non-ortho nitro benzene ring substituents is 1. The smallest absolute Gasteiger partial charge is 0.270 e. The van der Waals surface area contributed by atoms with E-state index in [0.29, 0.717) is 6.42 Å². The van der Waals surface area contributed by atoms with E-state index in [1.165, 1.54) is 24.3 Å². The van der Waals surface area contributed by atoms with Gasteiger partial charge >= 0.3 is 0 Å². The molecule has 1 fully saturated rings. The van der Waals surface area contributed by atoms with Crippen LogP contribution in [-0.2, 0) is 10.0 Å². The molecule has 0 aromatic heterocycles. The first-order chi connectivity index (χ1) is 11.3. The number of benzene rings is 2. The number of halogens is 1. The van der Waals surface area contributed by atoms with Crippen molar-refractivity contribution in [2.45, 2.75) is 23.3 Å². The lowest BCUT2D eigenvalue weighted by molar-refractivity contribution is -0.385. The molecule has 2 aromatic rings. The summed E-state index contributed by atoms with van der Waals surface area (Å²) in [4.78, 5) is 9.79. The molecule has 7 nitrogen and oxygen atoms in total. The van der Waals surface area contributed by atoms with E-state index in [1.807, 2.05) is 0 Å². The highest BCUT2D eigenvalue weighted by molar-refractivity contribution is 7.89. The second-order valence-corrected chi connectivity index (χ2v) is 7.16. The van der Waals surface area contributed by atoms with Crippen LogP contribution < -0.4 is 10.5 Å². The highest BCUT2D eigenvalue weighted by Crippen LogP contribution is 2.43. The fourth-order valence-electron chi connectivity index (χ4n) is 2.64. The molecule has 0 radical (unpaired) electrons. The molecule has 1 saturated carbocycles. The lowest BCUT2D eigenvalue weighted by Gasteiger charge is -2.10. The Kier molecular flexibility index (Phi) is 3.98. The third-order valence-electron chi connectivity index (χ3n) is 3.89. The van der Waals surface area contributed by atoms with Crippen LogP contribution in [0, 0.1) is 15.9 Å². The van der Waals surface area contributed by atoms with Gasteiger partial charge in [0.05, 0.1) is 10.6 Å². The molecule has 0 amide bonds. The minimum absolute atomic E-state index is 0.0456. The Balaban J connectivity index is 1.85. The van der Waals surface area contributed by atoms with Crippen molar-refractivity contribution in [3.05, 3.63) is 64.0 Å². The second kappa shape index (κ2) is 5.84. The number of hydrogen-bond donors (Lipinski definition) is 2. The fraction of sp³-hybridized carbons (Fsp3) is 0.200. The van der Waals surface area contributed by atoms with Crippen molar-refractivity contribution in [2.75, 3.05) is 5.32 Å². The second-order valence-electron chi connectivity index (χ2n) is 5.63. The van der Waals surface area contributed by atoms with Crippen LogP contribution in [0.25, 0.3) is 0 Å². The minimum atomic E-state index is -4.12. The van der Waals surface area contributed by atoms with Crippen LogP contribution in [0.1, 0.15) is 17.9 Å². The maximum atomic E-state index is 13.3. The predicted octanol–water partition coefficient (Wildman–Crippen LogP) is 2.35. The van der Waals surface area contributed by atoms with E-state index < -0.39 is 14.9 Å². The van der Waals surface area contributed by atoms with Gasteiger partial charge in [-0.05, 0) is 30.2 Å². The van der Waals surface area contributed by atoms with E-state index >= 15 is 0 Å². The minimum Gasteiger partial charge on any atom is -0.381 e. The van der Waals surface area contributed by atoms with Crippen LogP contribution in [0.4, 0.5) is 15.8 Å². The van der Waals surface area contributed by atoms with E-state index in [4.69, 9.17) is 5.14 Å². The van der Waals surface area contributed by atoms with Gasteiger partial charge in [-0.3, -0.25) is 10.1 Å². The lowest BCUT2D eigenvalue weighted by Crippen LogP contribution is -2.16. The number of primary sulfonamides is 1. The number of nitrogens with one attached hydrogen (secondary N) is 1. The monoisotopic (exact) mass is 351 g/mol.